The third-order valence-electron chi connectivity index (χ3n) is 9.13. The molecule has 23 heavy (non-hydrogen) atoms. The van der Waals surface area contributed by atoms with Gasteiger partial charge in [0, 0.05) is 5.92 Å². The number of carbonyl (C=O) groups is 1. The molecule has 0 radical (unpaired) electrons. The average molecular weight is 319 g/mol. The molecule has 0 bridgehead atoms. The molecule has 0 spiro atoms. The minimum absolute atomic E-state index is 0.0490. The van der Waals surface area contributed by atoms with Crippen LogP contribution in [-0.2, 0) is 4.79 Å². The number of fused-ring (bicyclic) bond motifs is 5. The number of aliphatic hydroxyl groups is 1. The highest BCUT2D eigenvalue weighted by molar-refractivity contribution is 5.79. The highest BCUT2D eigenvalue weighted by Crippen LogP contribution is 2.67. The lowest BCUT2D eigenvalue weighted by molar-refractivity contribution is -0.138. The molecule has 0 aromatic rings. The van der Waals surface area contributed by atoms with E-state index in [1.165, 1.54) is 38.5 Å². The topological polar surface area (TPSA) is 37.3 Å². The van der Waals surface area contributed by atoms with Gasteiger partial charge in [0.1, 0.15) is 5.78 Å². The molecular formula is C21H34O2. The average Bonchev–Trinajstić information content (AvgIpc) is 2.85. The van der Waals surface area contributed by atoms with Gasteiger partial charge in [-0.25, -0.2) is 0 Å². The Kier molecular flexibility index (Phi) is 3.72. The van der Waals surface area contributed by atoms with Crippen LogP contribution in [-0.4, -0.2) is 17.0 Å². The Morgan fingerprint density at radius 3 is 2.35 bits per heavy atom. The van der Waals surface area contributed by atoms with Crippen LogP contribution in [0, 0.1) is 40.4 Å². The van der Waals surface area contributed by atoms with Gasteiger partial charge in [0.2, 0.25) is 0 Å². The first-order valence-corrected chi connectivity index (χ1v) is 10.0. The predicted octanol–water partition coefficient (Wildman–Crippen LogP) is 4.60. The lowest BCUT2D eigenvalue weighted by Gasteiger charge is -2.60. The summed E-state index contributed by atoms with van der Waals surface area (Å²) in [5.41, 5.74) is 0.738. The maximum absolute atomic E-state index is 12.2. The molecule has 4 aliphatic carbocycles. The Morgan fingerprint density at radius 2 is 1.61 bits per heavy atom. The number of Topliss-reactive ketones (excluding diaryl/α,β-unsaturated/α-hetero) is 1. The summed E-state index contributed by atoms with van der Waals surface area (Å²) in [6, 6.07) is 0. The van der Waals surface area contributed by atoms with Crippen LogP contribution in [0.15, 0.2) is 0 Å². The molecule has 0 saturated heterocycles. The van der Waals surface area contributed by atoms with Crippen LogP contribution < -0.4 is 0 Å². The summed E-state index contributed by atoms with van der Waals surface area (Å²) in [6.45, 7) is 6.80. The van der Waals surface area contributed by atoms with Crippen molar-refractivity contribution in [1.82, 2.24) is 0 Å². The zero-order valence-electron chi connectivity index (χ0n) is 15.2. The summed E-state index contributed by atoms with van der Waals surface area (Å²) >= 11 is 0. The number of hydrogen-bond acceptors (Lipinski definition) is 2. The summed E-state index contributed by atoms with van der Waals surface area (Å²) in [4.78, 5) is 12.2. The van der Waals surface area contributed by atoms with Gasteiger partial charge in [0.25, 0.3) is 0 Å². The molecule has 0 unspecified atom stereocenters. The fourth-order valence-corrected chi connectivity index (χ4v) is 7.90. The molecule has 4 rings (SSSR count). The molecule has 0 aromatic heterocycles. The van der Waals surface area contributed by atoms with E-state index in [9.17, 15) is 9.90 Å². The van der Waals surface area contributed by atoms with Crippen LogP contribution in [0.3, 0.4) is 0 Å². The van der Waals surface area contributed by atoms with Gasteiger partial charge in [-0.15, -0.1) is 0 Å². The van der Waals surface area contributed by atoms with Crippen molar-refractivity contribution in [3.05, 3.63) is 0 Å². The summed E-state index contributed by atoms with van der Waals surface area (Å²) in [5, 5.41) is 10.1. The Bertz CT molecular complexity index is 500. The highest BCUT2D eigenvalue weighted by Gasteiger charge is 2.60. The van der Waals surface area contributed by atoms with Crippen molar-refractivity contribution >= 4 is 5.78 Å². The number of hydrogen-bond donors (Lipinski definition) is 1. The lowest BCUT2D eigenvalue weighted by atomic mass is 9.44. The van der Waals surface area contributed by atoms with Crippen molar-refractivity contribution in [1.29, 1.82) is 0 Å². The predicted molar refractivity (Wildman–Crippen MR) is 91.9 cm³/mol. The maximum atomic E-state index is 12.2. The molecule has 1 N–H and O–H groups in total. The molecule has 4 saturated carbocycles. The summed E-state index contributed by atoms with van der Waals surface area (Å²) < 4.78 is 0. The number of rotatable bonds is 1. The Labute approximate surface area is 141 Å². The fourth-order valence-electron chi connectivity index (χ4n) is 7.90. The molecule has 0 aromatic carbocycles. The van der Waals surface area contributed by atoms with Crippen LogP contribution in [0.2, 0.25) is 0 Å². The smallest absolute Gasteiger partial charge is 0.133 e. The molecule has 8 atom stereocenters. The molecule has 0 amide bonds. The second kappa shape index (κ2) is 5.31. The van der Waals surface area contributed by atoms with E-state index >= 15 is 0 Å². The van der Waals surface area contributed by atoms with Crippen LogP contribution in [0.1, 0.15) is 78.6 Å². The largest absolute Gasteiger partial charge is 0.393 e. The number of aliphatic hydroxyl groups excluding tert-OH is 1. The van der Waals surface area contributed by atoms with Gasteiger partial charge in [-0.2, -0.15) is 0 Å². The summed E-state index contributed by atoms with van der Waals surface area (Å²) in [6.07, 6.45) is 10.9. The molecule has 0 aliphatic heterocycles. The molecule has 130 valence electrons. The van der Waals surface area contributed by atoms with Crippen molar-refractivity contribution in [2.45, 2.75) is 84.7 Å². The van der Waals surface area contributed by atoms with Crippen LogP contribution in [0.25, 0.3) is 0 Å². The Hall–Kier alpha value is -0.370. The van der Waals surface area contributed by atoms with Gasteiger partial charge >= 0.3 is 0 Å². The maximum Gasteiger partial charge on any atom is 0.133 e. The van der Waals surface area contributed by atoms with Crippen molar-refractivity contribution < 1.29 is 9.90 Å². The molecule has 0 heterocycles. The zero-order valence-corrected chi connectivity index (χ0v) is 15.2. The van der Waals surface area contributed by atoms with Crippen LogP contribution in [0.4, 0.5) is 0 Å². The van der Waals surface area contributed by atoms with Gasteiger partial charge in [0.05, 0.1) is 6.10 Å². The standard InChI is InChI=1S/C21H34O2/c1-13(22)17-6-7-18-16-5-4-14-12-15(23)8-10-20(14,2)19(16)9-11-21(17,18)3/h14-19,23H,4-12H2,1-3H3/t14-,15+,16+,17+,18+,19+,20+,21-/m1/s1. The van der Waals surface area contributed by atoms with E-state index in [1.807, 2.05) is 6.92 Å². The van der Waals surface area contributed by atoms with Crippen molar-refractivity contribution in [3.63, 3.8) is 0 Å². The van der Waals surface area contributed by atoms with Crippen LogP contribution >= 0.6 is 0 Å². The lowest BCUT2D eigenvalue weighted by Crippen LogP contribution is -2.54. The fraction of sp³-hybridized carbons (Fsp3) is 0.952. The van der Waals surface area contributed by atoms with E-state index < -0.39 is 0 Å². The third-order valence-corrected chi connectivity index (χ3v) is 9.13. The van der Waals surface area contributed by atoms with Gasteiger partial charge in [0.15, 0.2) is 0 Å². The summed E-state index contributed by atoms with van der Waals surface area (Å²) in [7, 11) is 0. The van der Waals surface area contributed by atoms with E-state index in [4.69, 9.17) is 0 Å². The minimum Gasteiger partial charge on any atom is -0.393 e. The first-order valence-electron chi connectivity index (χ1n) is 10.0. The monoisotopic (exact) mass is 318 g/mol. The van der Waals surface area contributed by atoms with Gasteiger partial charge < -0.3 is 5.11 Å². The molecular weight excluding hydrogens is 284 g/mol. The Morgan fingerprint density at radius 1 is 0.913 bits per heavy atom. The molecule has 2 nitrogen and oxygen atoms in total. The third kappa shape index (κ3) is 2.19. The van der Waals surface area contributed by atoms with E-state index in [-0.39, 0.29) is 11.5 Å². The quantitative estimate of drug-likeness (QED) is 0.767. The minimum atomic E-state index is -0.0490. The van der Waals surface area contributed by atoms with Gasteiger partial charge in [-0.3, -0.25) is 4.79 Å². The first kappa shape index (κ1) is 16.1. The van der Waals surface area contributed by atoms with E-state index in [1.54, 1.807) is 0 Å². The van der Waals surface area contributed by atoms with Crippen molar-refractivity contribution in [2.75, 3.05) is 0 Å². The first-order chi connectivity index (χ1) is 10.9. The number of carbonyl (C=O) groups excluding carboxylic acids is 1. The van der Waals surface area contributed by atoms with Crippen molar-refractivity contribution in [3.8, 4) is 0 Å². The van der Waals surface area contributed by atoms with E-state index in [2.05, 4.69) is 13.8 Å². The molecule has 2 heteroatoms. The van der Waals surface area contributed by atoms with E-state index in [0.717, 1.165) is 42.9 Å². The second-order valence-electron chi connectivity index (χ2n) is 9.87. The normalized spacial score (nSPS) is 55.7. The Balaban J connectivity index is 1.61. The van der Waals surface area contributed by atoms with Gasteiger partial charge in [-0.05, 0) is 99.2 Å². The van der Waals surface area contributed by atoms with Gasteiger partial charge in [-0.1, -0.05) is 13.8 Å². The second-order valence-corrected chi connectivity index (χ2v) is 9.87. The van der Waals surface area contributed by atoms with Crippen LogP contribution in [0.5, 0.6) is 0 Å². The number of ketones is 1. The molecule has 4 fully saturated rings. The highest BCUT2D eigenvalue weighted by atomic mass is 16.3. The SMILES string of the molecule is CC(=O)[C@@H]1CC[C@H]2[C@@H]3CC[C@@H]4C[C@@H](O)CC[C@]4(C)[C@H]3CC[C@]12C. The van der Waals surface area contributed by atoms with E-state index in [0.29, 0.717) is 17.1 Å². The molecule has 4 aliphatic rings. The summed E-state index contributed by atoms with van der Waals surface area (Å²) in [5.74, 6) is 3.97. The van der Waals surface area contributed by atoms with Crippen molar-refractivity contribution in [2.24, 2.45) is 40.4 Å². The zero-order chi connectivity index (χ0) is 16.4.